The first-order chi connectivity index (χ1) is 9.67. The van der Waals surface area contributed by atoms with Crippen LogP contribution in [0.25, 0.3) is 0 Å². The molecule has 0 aliphatic rings. The molecule has 1 aromatic rings. The summed E-state index contributed by atoms with van der Waals surface area (Å²) in [6, 6.07) is 2.11. The van der Waals surface area contributed by atoms with Crippen molar-refractivity contribution in [3.63, 3.8) is 0 Å². The molecule has 0 spiro atoms. The van der Waals surface area contributed by atoms with Crippen molar-refractivity contribution < 1.29 is 0 Å². The average Bonchev–Trinajstić information content (AvgIpc) is 2.75. The molecule has 6 heteroatoms. The number of hydrogen-bond acceptors (Lipinski definition) is 3. The van der Waals surface area contributed by atoms with E-state index < -0.39 is 0 Å². The maximum atomic E-state index is 4.46. The normalized spacial score (nSPS) is 11.7. The van der Waals surface area contributed by atoms with E-state index >= 15 is 0 Å². The van der Waals surface area contributed by atoms with Gasteiger partial charge in [0, 0.05) is 32.4 Å². The third-order valence-electron chi connectivity index (χ3n) is 2.98. The molecule has 0 saturated heterocycles. The van der Waals surface area contributed by atoms with Gasteiger partial charge in [0.1, 0.15) is 0 Å². The van der Waals surface area contributed by atoms with E-state index in [1.54, 1.807) is 0 Å². The zero-order chi connectivity index (χ0) is 14.8. The fourth-order valence-corrected chi connectivity index (χ4v) is 2.41. The Kier molecular flexibility index (Phi) is 8.18. The minimum atomic E-state index is 0.888. The molecule has 0 aromatic carbocycles. The van der Waals surface area contributed by atoms with Crippen LogP contribution in [0.15, 0.2) is 11.1 Å². The first-order valence-corrected chi connectivity index (χ1v) is 8.51. The number of rotatable bonds is 8. The fourth-order valence-electron chi connectivity index (χ4n) is 1.98. The Bertz CT molecular complexity index is 414. The lowest BCUT2D eigenvalue weighted by atomic mass is 10.4. The van der Waals surface area contributed by atoms with Crippen molar-refractivity contribution in [3.8, 4) is 0 Å². The van der Waals surface area contributed by atoms with Crippen molar-refractivity contribution in [2.75, 3.05) is 32.1 Å². The van der Waals surface area contributed by atoms with Gasteiger partial charge in [0.15, 0.2) is 5.96 Å². The van der Waals surface area contributed by atoms with Crippen LogP contribution in [0, 0.1) is 13.8 Å². The zero-order valence-electron chi connectivity index (χ0n) is 13.1. The van der Waals surface area contributed by atoms with Crippen molar-refractivity contribution in [2.24, 2.45) is 4.99 Å². The first-order valence-electron chi connectivity index (χ1n) is 7.12. The molecule has 0 atom stereocenters. The van der Waals surface area contributed by atoms with Gasteiger partial charge in [0.05, 0.1) is 5.69 Å². The van der Waals surface area contributed by atoms with Gasteiger partial charge in [-0.1, -0.05) is 0 Å². The second kappa shape index (κ2) is 9.69. The van der Waals surface area contributed by atoms with Gasteiger partial charge in [-0.2, -0.15) is 16.9 Å². The maximum absolute atomic E-state index is 4.46. The van der Waals surface area contributed by atoms with Gasteiger partial charge < -0.3 is 10.6 Å². The number of aromatic nitrogens is 2. The lowest BCUT2D eigenvalue weighted by Crippen LogP contribution is -2.38. The summed E-state index contributed by atoms with van der Waals surface area (Å²) in [6.07, 6.45) is 4.33. The van der Waals surface area contributed by atoms with Gasteiger partial charge in [-0.25, -0.2) is 0 Å². The molecule has 0 bridgehead atoms. The number of guanidine groups is 1. The summed E-state index contributed by atoms with van der Waals surface area (Å²) in [6.45, 7) is 6.94. The van der Waals surface area contributed by atoms with Gasteiger partial charge in [-0.05, 0) is 44.8 Å². The van der Waals surface area contributed by atoms with Crippen LogP contribution in [-0.4, -0.2) is 47.9 Å². The van der Waals surface area contributed by atoms with E-state index in [-0.39, 0.29) is 0 Å². The Hall–Kier alpha value is -1.17. The smallest absolute Gasteiger partial charge is 0.190 e. The zero-order valence-corrected chi connectivity index (χ0v) is 13.9. The molecule has 0 radical (unpaired) electrons. The second-order valence-corrected chi connectivity index (χ2v) is 5.76. The van der Waals surface area contributed by atoms with Crippen LogP contribution in [-0.2, 0) is 6.54 Å². The van der Waals surface area contributed by atoms with Crippen molar-refractivity contribution in [3.05, 3.63) is 17.5 Å². The van der Waals surface area contributed by atoms with E-state index in [1.165, 1.54) is 11.4 Å². The molecule has 0 aliphatic carbocycles. The van der Waals surface area contributed by atoms with Crippen LogP contribution in [0.3, 0.4) is 0 Å². The third kappa shape index (κ3) is 6.32. The number of aryl methyl sites for hydroxylation is 3. The summed E-state index contributed by atoms with van der Waals surface area (Å²) < 4.78 is 2.06. The van der Waals surface area contributed by atoms with E-state index in [0.717, 1.165) is 44.1 Å². The molecule has 1 heterocycles. The lowest BCUT2D eigenvalue weighted by Gasteiger charge is -2.11. The largest absolute Gasteiger partial charge is 0.356 e. The summed E-state index contributed by atoms with van der Waals surface area (Å²) in [5.41, 5.74) is 2.31. The quantitative estimate of drug-likeness (QED) is 0.436. The number of thioether (sulfide) groups is 1. The highest BCUT2D eigenvalue weighted by molar-refractivity contribution is 7.98. The molecule has 2 N–H and O–H groups in total. The maximum Gasteiger partial charge on any atom is 0.190 e. The molecule has 5 nitrogen and oxygen atoms in total. The molecule has 1 rings (SSSR count). The number of nitrogens with zero attached hydrogens (tertiary/aromatic N) is 3. The lowest BCUT2D eigenvalue weighted by molar-refractivity contribution is 0.555. The van der Waals surface area contributed by atoms with Crippen molar-refractivity contribution in [1.82, 2.24) is 20.4 Å². The van der Waals surface area contributed by atoms with Gasteiger partial charge >= 0.3 is 0 Å². The SMILES string of the molecule is CN=C(NCCCSC)NCCCn1nc(C)cc1C. The van der Waals surface area contributed by atoms with Crippen molar-refractivity contribution in [2.45, 2.75) is 33.2 Å². The van der Waals surface area contributed by atoms with Crippen molar-refractivity contribution in [1.29, 1.82) is 0 Å². The summed E-state index contributed by atoms with van der Waals surface area (Å²) in [5, 5.41) is 11.1. The molecule has 1 aromatic heterocycles. The summed E-state index contributed by atoms with van der Waals surface area (Å²) in [5.74, 6) is 2.07. The summed E-state index contributed by atoms with van der Waals surface area (Å²) in [7, 11) is 1.81. The molecular weight excluding hydrogens is 270 g/mol. The Morgan fingerprint density at radius 3 is 2.55 bits per heavy atom. The van der Waals surface area contributed by atoms with E-state index in [0.29, 0.717) is 0 Å². The molecule has 0 amide bonds. The van der Waals surface area contributed by atoms with E-state index in [9.17, 15) is 0 Å². The van der Waals surface area contributed by atoms with Crippen LogP contribution in [0.2, 0.25) is 0 Å². The Morgan fingerprint density at radius 1 is 1.30 bits per heavy atom. The van der Waals surface area contributed by atoms with E-state index in [4.69, 9.17) is 0 Å². The fraction of sp³-hybridized carbons (Fsp3) is 0.714. The van der Waals surface area contributed by atoms with E-state index in [1.807, 2.05) is 25.7 Å². The number of aliphatic imine (C=N–C) groups is 1. The van der Waals surface area contributed by atoms with Crippen LogP contribution >= 0.6 is 11.8 Å². The molecule has 0 aliphatic heterocycles. The van der Waals surface area contributed by atoms with Gasteiger partial charge in [0.2, 0.25) is 0 Å². The first kappa shape index (κ1) is 16.9. The van der Waals surface area contributed by atoms with E-state index in [2.05, 4.69) is 44.7 Å². The minimum Gasteiger partial charge on any atom is -0.356 e. The highest BCUT2D eigenvalue weighted by atomic mass is 32.2. The molecule has 0 unspecified atom stereocenters. The predicted octanol–water partition coefficient (Wildman–Crippen LogP) is 1.81. The topological polar surface area (TPSA) is 54.2 Å². The van der Waals surface area contributed by atoms with Crippen LogP contribution in [0.5, 0.6) is 0 Å². The molecule has 20 heavy (non-hydrogen) atoms. The molecule has 0 saturated carbocycles. The number of hydrogen-bond donors (Lipinski definition) is 2. The van der Waals surface area contributed by atoms with Crippen LogP contribution < -0.4 is 10.6 Å². The minimum absolute atomic E-state index is 0.888. The standard InChI is InChI=1S/C14H27N5S/c1-12-11-13(2)19(18-12)9-5-7-16-14(15-3)17-8-6-10-20-4/h11H,5-10H2,1-4H3,(H2,15,16,17). The highest BCUT2D eigenvalue weighted by Crippen LogP contribution is 2.02. The van der Waals surface area contributed by atoms with Crippen LogP contribution in [0.4, 0.5) is 0 Å². The Morgan fingerprint density at radius 2 is 2.00 bits per heavy atom. The monoisotopic (exact) mass is 297 g/mol. The molecule has 0 fully saturated rings. The number of nitrogens with one attached hydrogen (secondary N) is 2. The van der Waals surface area contributed by atoms with Crippen molar-refractivity contribution >= 4 is 17.7 Å². The predicted molar refractivity (Wildman–Crippen MR) is 88.7 cm³/mol. The van der Waals surface area contributed by atoms with Gasteiger partial charge in [-0.3, -0.25) is 9.67 Å². The molecule has 114 valence electrons. The second-order valence-electron chi connectivity index (χ2n) is 4.78. The molecular formula is C14H27N5S. The Labute approximate surface area is 126 Å². The summed E-state index contributed by atoms with van der Waals surface area (Å²) in [4.78, 5) is 4.22. The highest BCUT2D eigenvalue weighted by Gasteiger charge is 2.01. The van der Waals surface area contributed by atoms with Gasteiger partial charge in [0.25, 0.3) is 0 Å². The van der Waals surface area contributed by atoms with Crippen LogP contribution in [0.1, 0.15) is 24.2 Å². The average molecular weight is 297 g/mol. The Balaban J connectivity index is 2.17. The third-order valence-corrected chi connectivity index (χ3v) is 3.68. The summed E-state index contributed by atoms with van der Waals surface area (Å²) >= 11 is 1.87. The van der Waals surface area contributed by atoms with Gasteiger partial charge in [-0.15, -0.1) is 0 Å².